The molecule has 1 aliphatic carbocycles. The zero-order chi connectivity index (χ0) is 13.1. The lowest BCUT2D eigenvalue weighted by molar-refractivity contribution is -0.143. The van der Waals surface area contributed by atoms with Gasteiger partial charge in [0.15, 0.2) is 0 Å². The van der Waals surface area contributed by atoms with Crippen LogP contribution in [0.1, 0.15) is 44.9 Å². The largest absolute Gasteiger partial charge is 0.456 e. The number of aliphatic hydroxyl groups is 1. The van der Waals surface area contributed by atoms with E-state index in [1.165, 1.54) is 32.1 Å². The quantitative estimate of drug-likeness (QED) is 0.588. The number of rotatable bonds is 4. The Morgan fingerprint density at radius 1 is 1.39 bits per heavy atom. The minimum Gasteiger partial charge on any atom is -0.456 e. The molecule has 1 saturated carbocycles. The molecule has 0 aromatic rings. The van der Waals surface area contributed by atoms with E-state index >= 15 is 0 Å². The lowest BCUT2D eigenvalue weighted by Crippen LogP contribution is -2.44. The molecule has 4 nitrogen and oxygen atoms in total. The first kappa shape index (κ1) is 13.6. The maximum atomic E-state index is 11.2. The second-order valence-corrected chi connectivity index (χ2v) is 5.65. The van der Waals surface area contributed by atoms with Gasteiger partial charge in [-0.05, 0) is 12.3 Å². The Balaban J connectivity index is 1.82. The van der Waals surface area contributed by atoms with Gasteiger partial charge < -0.3 is 15.6 Å². The van der Waals surface area contributed by atoms with E-state index < -0.39 is 18.2 Å². The fourth-order valence-corrected chi connectivity index (χ4v) is 3.00. The predicted octanol–water partition coefficient (Wildman–Crippen LogP) is 1.52. The van der Waals surface area contributed by atoms with Crippen LogP contribution in [0.25, 0.3) is 0 Å². The van der Waals surface area contributed by atoms with Crippen molar-refractivity contribution in [2.24, 2.45) is 11.7 Å². The van der Waals surface area contributed by atoms with Gasteiger partial charge in [-0.15, -0.1) is 0 Å². The molecule has 18 heavy (non-hydrogen) atoms. The number of carbonyl (C=O) groups excluding carboxylic acids is 1. The van der Waals surface area contributed by atoms with Gasteiger partial charge in [0.1, 0.15) is 12.2 Å². The van der Waals surface area contributed by atoms with Gasteiger partial charge in [0, 0.05) is 18.0 Å². The molecule has 1 saturated heterocycles. The van der Waals surface area contributed by atoms with Crippen LogP contribution < -0.4 is 5.73 Å². The van der Waals surface area contributed by atoms with Crippen LogP contribution in [0.5, 0.6) is 0 Å². The summed E-state index contributed by atoms with van der Waals surface area (Å²) in [4.78, 5) is 11.2. The highest BCUT2D eigenvalue weighted by Gasteiger charge is 2.36. The molecule has 1 aliphatic heterocycles. The molecule has 2 aliphatic rings. The second kappa shape index (κ2) is 5.85. The third-order valence-corrected chi connectivity index (χ3v) is 4.14. The fourth-order valence-electron chi connectivity index (χ4n) is 3.00. The Morgan fingerprint density at radius 2 is 2.06 bits per heavy atom. The summed E-state index contributed by atoms with van der Waals surface area (Å²) >= 11 is 0. The number of hydrogen-bond donors (Lipinski definition) is 2. The van der Waals surface area contributed by atoms with Crippen LogP contribution in [-0.2, 0) is 9.53 Å². The molecular formula is C14H23NO3. The maximum Gasteiger partial charge on any atom is 0.333 e. The molecule has 0 bridgehead atoms. The summed E-state index contributed by atoms with van der Waals surface area (Å²) in [6.45, 7) is 3.62. The molecule has 0 amide bonds. The molecule has 0 aromatic heterocycles. The average Bonchev–Trinajstić information content (AvgIpc) is 2.70. The van der Waals surface area contributed by atoms with Crippen LogP contribution in [0.3, 0.4) is 0 Å². The summed E-state index contributed by atoms with van der Waals surface area (Å²) in [5.41, 5.74) is 6.48. The number of hydrogen-bond acceptors (Lipinski definition) is 4. The fraction of sp³-hybridized carbons (Fsp3) is 0.786. The number of ether oxygens (including phenoxy) is 1. The third kappa shape index (κ3) is 3.12. The van der Waals surface area contributed by atoms with Gasteiger partial charge in [0.05, 0.1) is 0 Å². The van der Waals surface area contributed by atoms with E-state index in [0.29, 0.717) is 17.9 Å². The van der Waals surface area contributed by atoms with Gasteiger partial charge in [0.25, 0.3) is 0 Å². The topological polar surface area (TPSA) is 72.6 Å². The predicted molar refractivity (Wildman–Crippen MR) is 68.8 cm³/mol. The van der Waals surface area contributed by atoms with E-state index in [1.807, 2.05) is 0 Å². The Bertz CT molecular complexity index is 307. The monoisotopic (exact) mass is 253 g/mol. The molecule has 3 atom stereocenters. The van der Waals surface area contributed by atoms with Crippen LogP contribution in [0.15, 0.2) is 12.2 Å². The Labute approximate surface area is 108 Å². The smallest absolute Gasteiger partial charge is 0.333 e. The van der Waals surface area contributed by atoms with Crippen molar-refractivity contribution in [3.8, 4) is 0 Å². The van der Waals surface area contributed by atoms with E-state index in [2.05, 4.69) is 6.58 Å². The molecule has 0 aromatic carbocycles. The van der Waals surface area contributed by atoms with E-state index in [4.69, 9.17) is 10.5 Å². The summed E-state index contributed by atoms with van der Waals surface area (Å²) in [7, 11) is 0. The van der Waals surface area contributed by atoms with Crippen LogP contribution in [-0.4, -0.2) is 29.3 Å². The Hall–Kier alpha value is -0.870. The van der Waals surface area contributed by atoms with Crippen molar-refractivity contribution in [2.75, 3.05) is 0 Å². The van der Waals surface area contributed by atoms with Crippen LogP contribution in [0.2, 0.25) is 0 Å². The van der Waals surface area contributed by atoms with E-state index in [-0.39, 0.29) is 6.04 Å². The Kier molecular flexibility index (Phi) is 4.40. The first-order valence-electron chi connectivity index (χ1n) is 6.90. The van der Waals surface area contributed by atoms with Gasteiger partial charge in [-0.1, -0.05) is 38.7 Å². The van der Waals surface area contributed by atoms with Gasteiger partial charge in [-0.2, -0.15) is 0 Å². The van der Waals surface area contributed by atoms with E-state index in [9.17, 15) is 9.90 Å². The number of aliphatic hydroxyl groups excluding tert-OH is 1. The molecular weight excluding hydrogens is 230 g/mol. The molecule has 4 heteroatoms. The number of esters is 1. The SMILES string of the molecule is C=C1CC(C(O)C(N)CC2CCCCC2)OC1=O. The standard InChI is InChI=1S/C14H23NO3/c1-9-7-12(18-14(9)17)13(16)11(15)8-10-5-3-2-4-6-10/h10-13,16H,1-8,15H2. The third-order valence-electron chi connectivity index (χ3n) is 4.14. The molecule has 0 spiro atoms. The normalized spacial score (nSPS) is 29.1. The van der Waals surface area contributed by atoms with Crippen molar-refractivity contribution >= 4 is 5.97 Å². The van der Waals surface area contributed by atoms with Crippen molar-refractivity contribution < 1.29 is 14.6 Å². The van der Waals surface area contributed by atoms with Crippen molar-refractivity contribution in [3.63, 3.8) is 0 Å². The van der Waals surface area contributed by atoms with E-state index in [1.54, 1.807) is 0 Å². The lowest BCUT2D eigenvalue weighted by atomic mass is 9.83. The van der Waals surface area contributed by atoms with Crippen LogP contribution in [0.4, 0.5) is 0 Å². The van der Waals surface area contributed by atoms with Crippen LogP contribution >= 0.6 is 0 Å². The summed E-state index contributed by atoms with van der Waals surface area (Å²) in [6.07, 6.45) is 6.22. The van der Waals surface area contributed by atoms with Gasteiger partial charge in [-0.3, -0.25) is 0 Å². The highest BCUT2D eigenvalue weighted by molar-refractivity contribution is 5.90. The molecule has 102 valence electrons. The zero-order valence-corrected chi connectivity index (χ0v) is 10.8. The summed E-state index contributed by atoms with van der Waals surface area (Å²) in [5, 5.41) is 10.1. The number of cyclic esters (lactones) is 1. The minimum absolute atomic E-state index is 0.309. The first-order valence-corrected chi connectivity index (χ1v) is 6.90. The lowest BCUT2D eigenvalue weighted by Gasteiger charge is -2.28. The molecule has 2 fully saturated rings. The highest BCUT2D eigenvalue weighted by atomic mass is 16.6. The number of carbonyl (C=O) groups is 1. The highest BCUT2D eigenvalue weighted by Crippen LogP contribution is 2.29. The van der Waals surface area contributed by atoms with Crippen molar-refractivity contribution in [2.45, 2.75) is 63.2 Å². The Morgan fingerprint density at radius 3 is 2.61 bits per heavy atom. The zero-order valence-electron chi connectivity index (χ0n) is 10.8. The van der Waals surface area contributed by atoms with Gasteiger partial charge in [-0.25, -0.2) is 4.79 Å². The molecule has 3 unspecified atom stereocenters. The van der Waals surface area contributed by atoms with Crippen LogP contribution in [0, 0.1) is 5.92 Å². The maximum absolute atomic E-state index is 11.2. The molecule has 3 N–H and O–H groups in total. The second-order valence-electron chi connectivity index (χ2n) is 5.65. The van der Waals surface area contributed by atoms with Gasteiger partial charge in [0.2, 0.25) is 0 Å². The summed E-state index contributed by atoms with van der Waals surface area (Å²) < 4.78 is 5.08. The van der Waals surface area contributed by atoms with Gasteiger partial charge >= 0.3 is 5.97 Å². The molecule has 2 rings (SSSR count). The van der Waals surface area contributed by atoms with Crippen molar-refractivity contribution in [3.05, 3.63) is 12.2 Å². The molecule has 1 heterocycles. The number of nitrogens with two attached hydrogens (primary N) is 1. The van der Waals surface area contributed by atoms with Crippen molar-refractivity contribution in [1.29, 1.82) is 0 Å². The van der Waals surface area contributed by atoms with Crippen molar-refractivity contribution in [1.82, 2.24) is 0 Å². The summed E-state index contributed by atoms with van der Waals surface area (Å²) in [6, 6.07) is -0.309. The van der Waals surface area contributed by atoms with E-state index in [0.717, 1.165) is 6.42 Å². The summed E-state index contributed by atoms with van der Waals surface area (Å²) in [5.74, 6) is 0.215. The average molecular weight is 253 g/mol. The first-order chi connectivity index (χ1) is 8.58. The molecule has 0 radical (unpaired) electrons. The minimum atomic E-state index is -0.768.